The summed E-state index contributed by atoms with van der Waals surface area (Å²) in [5.74, 6) is 0. The summed E-state index contributed by atoms with van der Waals surface area (Å²) in [6.45, 7) is 1.64. The summed E-state index contributed by atoms with van der Waals surface area (Å²) in [4.78, 5) is 23.4. The summed E-state index contributed by atoms with van der Waals surface area (Å²) in [7, 11) is 0. The van der Waals surface area contributed by atoms with Gasteiger partial charge in [0.25, 0.3) is 0 Å². The maximum atomic E-state index is 11.9. The molecule has 0 saturated carbocycles. The van der Waals surface area contributed by atoms with Crippen LogP contribution in [0.1, 0.15) is 6.92 Å². The molecule has 0 aliphatic carbocycles. The Labute approximate surface area is 113 Å². The van der Waals surface area contributed by atoms with Crippen LogP contribution in [0.15, 0.2) is 18.2 Å². The number of hydrogen-bond acceptors (Lipinski definition) is 2. The molecule has 0 spiro atoms. The molecule has 1 unspecified atom stereocenters. The van der Waals surface area contributed by atoms with Crippen molar-refractivity contribution in [1.29, 1.82) is 0 Å². The molecule has 1 aromatic rings. The molecule has 6 nitrogen and oxygen atoms in total. The van der Waals surface area contributed by atoms with Gasteiger partial charge in [0.15, 0.2) is 0 Å². The molecule has 0 aromatic heterocycles. The number of nitrogens with zero attached hydrogens (tertiary/aromatic N) is 1. The van der Waals surface area contributed by atoms with Crippen molar-refractivity contribution in [3.05, 3.63) is 28.2 Å². The van der Waals surface area contributed by atoms with Crippen molar-refractivity contribution in [2.45, 2.75) is 13.1 Å². The molecule has 1 heterocycles. The zero-order chi connectivity index (χ0) is 13.3. The number of halogens is 2. The Morgan fingerprint density at radius 2 is 1.94 bits per heavy atom. The smallest absolute Gasteiger partial charge is 0.317 e. The second-order valence-corrected chi connectivity index (χ2v) is 4.53. The van der Waals surface area contributed by atoms with E-state index in [-0.39, 0.29) is 5.02 Å². The van der Waals surface area contributed by atoms with Gasteiger partial charge in [0.05, 0.1) is 10.7 Å². The normalized spacial score (nSPS) is 19.7. The lowest BCUT2D eigenvalue weighted by Crippen LogP contribution is -2.48. The standard InChI is InChI=1S/C10H10Cl2N4O2/c1-5-13-9(17)15-16(10(18)14-5)8-3-2-6(11)4-7(8)12/h2-5H,1H3,(H,14,18)(H2,13,15,17). The first-order chi connectivity index (χ1) is 8.47. The van der Waals surface area contributed by atoms with E-state index < -0.39 is 18.2 Å². The van der Waals surface area contributed by atoms with E-state index in [9.17, 15) is 9.59 Å². The molecular formula is C10H10Cl2N4O2. The minimum absolute atomic E-state index is 0.257. The van der Waals surface area contributed by atoms with Crippen LogP contribution in [-0.4, -0.2) is 18.2 Å². The van der Waals surface area contributed by atoms with E-state index in [1.54, 1.807) is 19.1 Å². The number of rotatable bonds is 1. The Bertz CT molecular complexity index is 509. The molecule has 2 rings (SSSR count). The highest BCUT2D eigenvalue weighted by Gasteiger charge is 2.26. The van der Waals surface area contributed by atoms with Crippen LogP contribution >= 0.6 is 23.2 Å². The monoisotopic (exact) mass is 288 g/mol. The predicted octanol–water partition coefficient (Wildman–Crippen LogP) is 2.08. The van der Waals surface area contributed by atoms with E-state index in [4.69, 9.17) is 23.2 Å². The van der Waals surface area contributed by atoms with Gasteiger partial charge in [-0.25, -0.2) is 15.0 Å². The molecule has 96 valence electrons. The van der Waals surface area contributed by atoms with Gasteiger partial charge >= 0.3 is 12.1 Å². The summed E-state index contributed by atoms with van der Waals surface area (Å²) in [5, 5.41) is 6.80. The second-order valence-electron chi connectivity index (χ2n) is 3.69. The minimum Gasteiger partial charge on any atom is -0.317 e. The van der Waals surface area contributed by atoms with Crippen LogP contribution in [0, 0.1) is 0 Å². The fraction of sp³-hybridized carbons (Fsp3) is 0.200. The first-order valence-corrected chi connectivity index (χ1v) is 5.86. The topological polar surface area (TPSA) is 73.5 Å². The number of carbonyl (C=O) groups is 2. The molecule has 1 atom stereocenters. The van der Waals surface area contributed by atoms with Crippen molar-refractivity contribution in [3.8, 4) is 0 Å². The van der Waals surface area contributed by atoms with E-state index in [1.165, 1.54) is 6.07 Å². The van der Waals surface area contributed by atoms with Crippen LogP contribution in [-0.2, 0) is 0 Å². The maximum Gasteiger partial charge on any atom is 0.342 e. The third-order valence-electron chi connectivity index (χ3n) is 2.25. The summed E-state index contributed by atoms with van der Waals surface area (Å²) in [6.07, 6.45) is -0.478. The number of nitrogens with one attached hydrogen (secondary N) is 3. The molecule has 0 bridgehead atoms. The van der Waals surface area contributed by atoms with E-state index in [1.807, 2.05) is 0 Å². The Balaban J connectivity index is 2.35. The molecule has 1 fully saturated rings. The number of amides is 4. The van der Waals surface area contributed by atoms with Crippen LogP contribution < -0.4 is 21.1 Å². The van der Waals surface area contributed by atoms with Crippen LogP contribution in [0.3, 0.4) is 0 Å². The SMILES string of the molecule is CC1NC(=O)NN(c2ccc(Cl)cc2Cl)C(=O)N1. The summed E-state index contributed by atoms with van der Waals surface area (Å²) in [5.41, 5.74) is 2.72. The maximum absolute atomic E-state index is 11.9. The fourth-order valence-electron chi connectivity index (χ4n) is 1.50. The number of anilines is 1. The number of hydrogen-bond donors (Lipinski definition) is 3. The average molecular weight is 289 g/mol. The third-order valence-corrected chi connectivity index (χ3v) is 2.79. The molecule has 1 aromatic carbocycles. The summed E-state index contributed by atoms with van der Waals surface area (Å²) >= 11 is 11.8. The molecule has 4 amide bonds. The Hall–Kier alpha value is -1.66. The lowest BCUT2D eigenvalue weighted by molar-refractivity contribution is 0.238. The van der Waals surface area contributed by atoms with E-state index >= 15 is 0 Å². The molecule has 3 N–H and O–H groups in total. The first-order valence-electron chi connectivity index (χ1n) is 5.10. The van der Waals surface area contributed by atoms with Gasteiger partial charge in [-0.1, -0.05) is 23.2 Å². The van der Waals surface area contributed by atoms with Gasteiger partial charge in [-0.15, -0.1) is 0 Å². The highest BCUT2D eigenvalue weighted by molar-refractivity contribution is 6.36. The predicted molar refractivity (Wildman–Crippen MR) is 68.6 cm³/mol. The van der Waals surface area contributed by atoms with Crippen LogP contribution in [0.4, 0.5) is 15.3 Å². The van der Waals surface area contributed by atoms with Gasteiger partial charge in [-0.2, -0.15) is 5.01 Å². The van der Waals surface area contributed by atoms with Gasteiger partial charge in [0, 0.05) is 5.02 Å². The van der Waals surface area contributed by atoms with E-state index in [0.717, 1.165) is 5.01 Å². The summed E-state index contributed by atoms with van der Waals surface area (Å²) in [6, 6.07) is 3.60. The summed E-state index contributed by atoms with van der Waals surface area (Å²) < 4.78 is 0. The fourth-order valence-corrected chi connectivity index (χ4v) is 1.99. The minimum atomic E-state index is -0.508. The molecule has 8 heteroatoms. The molecule has 0 radical (unpaired) electrons. The van der Waals surface area contributed by atoms with Crippen LogP contribution in [0.5, 0.6) is 0 Å². The van der Waals surface area contributed by atoms with Gasteiger partial charge in [-0.05, 0) is 25.1 Å². The molecular weight excluding hydrogens is 279 g/mol. The molecule has 18 heavy (non-hydrogen) atoms. The van der Waals surface area contributed by atoms with Crippen LogP contribution in [0.25, 0.3) is 0 Å². The Morgan fingerprint density at radius 1 is 1.22 bits per heavy atom. The van der Waals surface area contributed by atoms with Gasteiger partial charge in [0.2, 0.25) is 0 Å². The Morgan fingerprint density at radius 3 is 2.61 bits per heavy atom. The van der Waals surface area contributed by atoms with Crippen molar-refractivity contribution in [2.24, 2.45) is 0 Å². The Kier molecular flexibility index (Phi) is 3.49. The lowest BCUT2D eigenvalue weighted by atomic mass is 10.3. The second kappa shape index (κ2) is 4.91. The van der Waals surface area contributed by atoms with E-state index in [0.29, 0.717) is 10.7 Å². The van der Waals surface area contributed by atoms with Crippen molar-refractivity contribution >= 4 is 41.0 Å². The van der Waals surface area contributed by atoms with Crippen molar-refractivity contribution in [1.82, 2.24) is 16.1 Å². The lowest BCUT2D eigenvalue weighted by Gasteiger charge is -2.21. The van der Waals surface area contributed by atoms with Crippen molar-refractivity contribution in [3.63, 3.8) is 0 Å². The van der Waals surface area contributed by atoms with Crippen LogP contribution in [0.2, 0.25) is 10.0 Å². The number of carbonyl (C=O) groups excluding carboxylic acids is 2. The zero-order valence-electron chi connectivity index (χ0n) is 9.33. The van der Waals surface area contributed by atoms with Crippen molar-refractivity contribution in [2.75, 3.05) is 5.01 Å². The number of benzene rings is 1. The first kappa shape index (κ1) is 12.8. The van der Waals surface area contributed by atoms with E-state index in [2.05, 4.69) is 16.1 Å². The quantitative estimate of drug-likeness (QED) is 0.740. The van der Waals surface area contributed by atoms with Gasteiger partial charge in [0.1, 0.15) is 6.17 Å². The molecule has 1 aliphatic rings. The molecule has 1 aliphatic heterocycles. The largest absolute Gasteiger partial charge is 0.342 e. The average Bonchev–Trinajstić information content (AvgIpc) is 2.37. The van der Waals surface area contributed by atoms with Gasteiger partial charge < -0.3 is 10.6 Å². The zero-order valence-corrected chi connectivity index (χ0v) is 10.8. The molecule has 1 saturated heterocycles. The number of hydrazine groups is 1. The third kappa shape index (κ3) is 2.60. The van der Waals surface area contributed by atoms with Crippen molar-refractivity contribution < 1.29 is 9.59 Å². The van der Waals surface area contributed by atoms with Gasteiger partial charge in [-0.3, -0.25) is 0 Å². The number of urea groups is 2. The highest BCUT2D eigenvalue weighted by atomic mass is 35.5. The highest BCUT2D eigenvalue weighted by Crippen LogP contribution is 2.28.